The highest BCUT2D eigenvalue weighted by Crippen LogP contribution is 2.25. The summed E-state index contributed by atoms with van der Waals surface area (Å²) < 4.78 is 5.87. The first-order valence-corrected chi connectivity index (χ1v) is 11.1. The second kappa shape index (κ2) is 10.7. The van der Waals surface area contributed by atoms with E-state index in [1.165, 1.54) is 0 Å². The molecule has 0 saturated carbocycles. The van der Waals surface area contributed by atoms with Crippen molar-refractivity contribution in [3.8, 4) is 5.75 Å². The van der Waals surface area contributed by atoms with Crippen molar-refractivity contribution in [1.82, 2.24) is 14.7 Å². The summed E-state index contributed by atoms with van der Waals surface area (Å²) in [7, 11) is 1.76. The van der Waals surface area contributed by atoms with E-state index in [0.29, 0.717) is 48.9 Å². The summed E-state index contributed by atoms with van der Waals surface area (Å²) in [6.45, 7) is 2.62. The Kier molecular flexibility index (Phi) is 7.96. The Balaban J connectivity index is 1.69. The molecule has 0 spiro atoms. The molecular weight excluding hydrogens is 406 g/mol. The number of carbonyl (C=O) groups is 3. The first kappa shape index (κ1) is 22.4. The molecule has 30 heavy (non-hydrogen) atoms. The summed E-state index contributed by atoms with van der Waals surface area (Å²) in [5, 5.41) is 0.477. The van der Waals surface area contributed by atoms with Crippen molar-refractivity contribution in [2.45, 2.75) is 38.5 Å². The highest BCUT2D eigenvalue weighted by molar-refractivity contribution is 6.31. The highest BCUT2D eigenvalue weighted by Gasteiger charge is 2.24. The third-order valence-corrected chi connectivity index (χ3v) is 5.89. The third-order valence-electron chi connectivity index (χ3n) is 5.66. The number of ether oxygens (including phenoxy) is 1. The summed E-state index contributed by atoms with van der Waals surface area (Å²) in [5.74, 6) is 0.358. The molecule has 7 nitrogen and oxygen atoms in total. The standard InChI is InChI=1S/C22H30ClN3O4/c1-24-10-5-6-11-25(21(28)16-26-12-4-2-3-7-20(26)27)13-14-30-19-9-8-17(23)15-18(19)22(24)29/h8-9,15H,2-7,10-14,16H2,1H3. The molecule has 8 heteroatoms. The maximum Gasteiger partial charge on any atom is 0.257 e. The van der Waals surface area contributed by atoms with Gasteiger partial charge in [-0.05, 0) is 43.9 Å². The number of likely N-dealkylation sites (tertiary alicyclic amines) is 1. The van der Waals surface area contributed by atoms with E-state index in [2.05, 4.69) is 0 Å². The van der Waals surface area contributed by atoms with E-state index in [1.807, 2.05) is 0 Å². The third kappa shape index (κ3) is 5.88. The van der Waals surface area contributed by atoms with Crippen molar-refractivity contribution in [2.24, 2.45) is 0 Å². The number of fused-ring (bicyclic) bond motifs is 1. The van der Waals surface area contributed by atoms with E-state index < -0.39 is 0 Å². The van der Waals surface area contributed by atoms with Gasteiger partial charge in [-0.2, -0.15) is 0 Å². The average Bonchev–Trinajstić information content (AvgIpc) is 2.93. The van der Waals surface area contributed by atoms with Crippen LogP contribution in [0.2, 0.25) is 5.02 Å². The number of amides is 3. The van der Waals surface area contributed by atoms with Crippen LogP contribution in [0.15, 0.2) is 18.2 Å². The Morgan fingerprint density at radius 1 is 1.03 bits per heavy atom. The minimum absolute atomic E-state index is 0.0494. The molecule has 0 N–H and O–H groups in total. The van der Waals surface area contributed by atoms with Crippen LogP contribution < -0.4 is 4.74 Å². The Bertz CT molecular complexity index is 786. The van der Waals surface area contributed by atoms with Crippen molar-refractivity contribution in [3.63, 3.8) is 0 Å². The second-order valence-corrected chi connectivity index (χ2v) is 8.37. The largest absolute Gasteiger partial charge is 0.491 e. The predicted octanol–water partition coefficient (Wildman–Crippen LogP) is 2.82. The number of hydrogen-bond acceptors (Lipinski definition) is 4. The zero-order chi connectivity index (χ0) is 21.5. The lowest BCUT2D eigenvalue weighted by Gasteiger charge is -2.28. The van der Waals surface area contributed by atoms with Gasteiger partial charge in [0.15, 0.2) is 0 Å². The van der Waals surface area contributed by atoms with Gasteiger partial charge >= 0.3 is 0 Å². The van der Waals surface area contributed by atoms with E-state index in [-0.39, 0.29) is 30.9 Å². The molecule has 164 valence electrons. The topological polar surface area (TPSA) is 70.2 Å². The number of nitrogens with zero attached hydrogens (tertiary/aromatic N) is 3. The molecule has 0 unspecified atom stereocenters. The molecule has 2 aliphatic rings. The lowest BCUT2D eigenvalue weighted by Crippen LogP contribution is -2.44. The van der Waals surface area contributed by atoms with Crippen LogP contribution in [0.1, 0.15) is 48.9 Å². The SMILES string of the molecule is CN1CCCCN(C(=O)CN2CCCCCC2=O)CCOc2ccc(Cl)cc2C1=O. The van der Waals surface area contributed by atoms with E-state index in [0.717, 1.165) is 32.1 Å². The monoisotopic (exact) mass is 435 g/mol. The van der Waals surface area contributed by atoms with Crippen LogP contribution in [0.5, 0.6) is 5.75 Å². The first-order chi connectivity index (χ1) is 14.5. The van der Waals surface area contributed by atoms with Gasteiger partial charge in [0.25, 0.3) is 5.91 Å². The van der Waals surface area contributed by atoms with E-state index in [1.54, 1.807) is 39.9 Å². The Morgan fingerprint density at radius 3 is 2.63 bits per heavy atom. The van der Waals surface area contributed by atoms with Gasteiger partial charge in [-0.1, -0.05) is 18.0 Å². The molecule has 0 atom stereocenters. The molecule has 2 aliphatic heterocycles. The van der Waals surface area contributed by atoms with E-state index >= 15 is 0 Å². The fraction of sp³-hybridized carbons (Fsp3) is 0.591. The molecule has 0 aliphatic carbocycles. The number of rotatable bonds is 2. The van der Waals surface area contributed by atoms with Crippen LogP contribution >= 0.6 is 11.6 Å². The lowest BCUT2D eigenvalue weighted by molar-refractivity contribution is -0.140. The van der Waals surface area contributed by atoms with Crippen LogP contribution in [-0.2, 0) is 9.59 Å². The summed E-state index contributed by atoms with van der Waals surface area (Å²) in [6, 6.07) is 5.00. The normalized spacial score (nSPS) is 19.3. The predicted molar refractivity (Wildman–Crippen MR) is 115 cm³/mol. The van der Waals surface area contributed by atoms with Crippen molar-refractivity contribution >= 4 is 29.3 Å². The van der Waals surface area contributed by atoms with E-state index in [9.17, 15) is 14.4 Å². The molecule has 0 bridgehead atoms. The molecule has 1 aromatic rings. The van der Waals surface area contributed by atoms with Crippen LogP contribution in [0.3, 0.4) is 0 Å². The summed E-state index contributed by atoms with van der Waals surface area (Å²) in [4.78, 5) is 43.1. The molecule has 1 aromatic carbocycles. The molecule has 3 rings (SSSR count). The lowest BCUT2D eigenvalue weighted by atomic mass is 10.1. The van der Waals surface area contributed by atoms with Crippen LogP contribution in [-0.4, -0.2) is 78.8 Å². The molecule has 1 saturated heterocycles. The van der Waals surface area contributed by atoms with E-state index in [4.69, 9.17) is 16.3 Å². The Labute approximate surface area is 182 Å². The van der Waals surface area contributed by atoms with Gasteiger partial charge in [-0.3, -0.25) is 14.4 Å². The first-order valence-electron chi connectivity index (χ1n) is 10.7. The molecule has 3 amide bonds. The molecule has 2 heterocycles. The Hall–Kier alpha value is -2.28. The van der Waals surface area contributed by atoms with Gasteiger partial charge in [0.05, 0.1) is 18.7 Å². The zero-order valence-electron chi connectivity index (χ0n) is 17.6. The summed E-state index contributed by atoms with van der Waals surface area (Å²) in [5.41, 5.74) is 0.429. The van der Waals surface area contributed by atoms with Crippen molar-refractivity contribution in [2.75, 3.05) is 46.4 Å². The molecule has 0 radical (unpaired) electrons. The quantitative estimate of drug-likeness (QED) is 0.716. The van der Waals surface area contributed by atoms with Gasteiger partial charge in [0.1, 0.15) is 12.4 Å². The highest BCUT2D eigenvalue weighted by atomic mass is 35.5. The maximum absolute atomic E-state index is 12.9. The maximum atomic E-state index is 12.9. The van der Waals surface area contributed by atoms with Crippen LogP contribution in [0.25, 0.3) is 0 Å². The second-order valence-electron chi connectivity index (χ2n) is 7.93. The Morgan fingerprint density at radius 2 is 1.80 bits per heavy atom. The fourth-order valence-electron chi connectivity index (χ4n) is 3.85. The van der Waals surface area contributed by atoms with Crippen molar-refractivity contribution in [1.29, 1.82) is 0 Å². The van der Waals surface area contributed by atoms with Gasteiger partial charge in [-0.25, -0.2) is 0 Å². The zero-order valence-corrected chi connectivity index (χ0v) is 18.3. The van der Waals surface area contributed by atoms with Crippen LogP contribution in [0.4, 0.5) is 0 Å². The number of benzene rings is 1. The smallest absolute Gasteiger partial charge is 0.257 e. The van der Waals surface area contributed by atoms with Gasteiger partial charge in [0.2, 0.25) is 11.8 Å². The molecular formula is C22H30ClN3O4. The molecule has 1 fully saturated rings. The van der Waals surface area contributed by atoms with Gasteiger partial charge in [0, 0.05) is 38.1 Å². The van der Waals surface area contributed by atoms with Gasteiger partial charge in [-0.15, -0.1) is 0 Å². The number of halogens is 1. The van der Waals surface area contributed by atoms with Gasteiger partial charge < -0.3 is 19.4 Å². The minimum atomic E-state index is -0.124. The summed E-state index contributed by atoms with van der Waals surface area (Å²) in [6.07, 6.45) is 4.96. The number of carbonyl (C=O) groups excluding carboxylic acids is 3. The summed E-state index contributed by atoms with van der Waals surface area (Å²) >= 11 is 6.08. The fourth-order valence-corrected chi connectivity index (χ4v) is 4.02. The average molecular weight is 436 g/mol. The molecule has 0 aromatic heterocycles. The number of hydrogen-bond donors (Lipinski definition) is 0. The van der Waals surface area contributed by atoms with Crippen molar-refractivity contribution in [3.05, 3.63) is 28.8 Å². The minimum Gasteiger partial charge on any atom is -0.491 e. The van der Waals surface area contributed by atoms with Crippen molar-refractivity contribution < 1.29 is 19.1 Å². The van der Waals surface area contributed by atoms with Crippen LogP contribution in [0, 0.1) is 0 Å².